The molecule has 0 atom stereocenters. The van der Waals surface area contributed by atoms with Crippen molar-refractivity contribution in [1.29, 1.82) is 0 Å². The zero-order chi connectivity index (χ0) is 21.8. The first-order valence-electron chi connectivity index (χ1n) is 12.5. The van der Waals surface area contributed by atoms with Gasteiger partial charge in [-0.2, -0.15) is 0 Å². The maximum atomic E-state index is 12.5. The van der Waals surface area contributed by atoms with Crippen molar-refractivity contribution in [3.63, 3.8) is 0 Å². The highest BCUT2D eigenvalue weighted by atomic mass is 28.4. The lowest BCUT2D eigenvalue weighted by Gasteiger charge is -2.29. The van der Waals surface area contributed by atoms with Gasteiger partial charge in [0.2, 0.25) is 0 Å². The van der Waals surface area contributed by atoms with E-state index < -0.39 is 8.56 Å². The monoisotopic (exact) mass is 428 g/mol. The van der Waals surface area contributed by atoms with Crippen LogP contribution in [0.3, 0.4) is 0 Å². The quantitative estimate of drug-likeness (QED) is 0.146. The summed E-state index contributed by atoms with van der Waals surface area (Å²) in [5.41, 5.74) is 0. The highest BCUT2D eigenvalue weighted by Crippen LogP contribution is 2.25. The smallest absolute Gasteiger partial charge is 0.464 e. The maximum Gasteiger partial charge on any atom is 0.464 e. The molecule has 0 aliphatic heterocycles. The minimum absolute atomic E-state index is 0.165. The third-order valence-electron chi connectivity index (χ3n) is 5.33. The second-order valence-corrected chi connectivity index (χ2v) is 11.6. The molecule has 0 amide bonds. The zero-order valence-corrected chi connectivity index (χ0v) is 20.9. The Labute approximate surface area is 181 Å². The Kier molecular flexibility index (Phi) is 18.6. The molecule has 0 spiro atoms. The van der Waals surface area contributed by atoms with Crippen LogP contribution < -0.4 is 0 Å². The summed E-state index contributed by atoms with van der Waals surface area (Å²) in [6, 6.07) is 1.43. The summed E-state index contributed by atoms with van der Waals surface area (Å²) in [7, 11) is -2.78. The summed E-state index contributed by atoms with van der Waals surface area (Å²) < 4.78 is 11.9. The molecule has 0 saturated carbocycles. The summed E-state index contributed by atoms with van der Waals surface area (Å²) >= 11 is 0. The third kappa shape index (κ3) is 15.6. The van der Waals surface area contributed by atoms with Crippen LogP contribution in [0.15, 0.2) is 0 Å². The number of hydrogen-bond acceptors (Lipinski definition) is 4. The molecule has 29 heavy (non-hydrogen) atoms. The Morgan fingerprint density at radius 1 is 0.517 bits per heavy atom. The van der Waals surface area contributed by atoms with Crippen LogP contribution in [0.25, 0.3) is 0 Å². The molecule has 0 rings (SSSR count). The average molecular weight is 429 g/mol. The van der Waals surface area contributed by atoms with E-state index in [1.165, 1.54) is 51.4 Å². The molecule has 172 valence electrons. The third-order valence-corrected chi connectivity index (χ3v) is 9.05. The summed E-state index contributed by atoms with van der Waals surface area (Å²) in [5.74, 6) is -0.331. The van der Waals surface area contributed by atoms with Crippen LogP contribution in [0.2, 0.25) is 12.1 Å². The number of unbranched alkanes of at least 4 members (excludes halogenated alkanes) is 10. The minimum atomic E-state index is -2.78. The number of carbonyl (C=O) groups excluding carboxylic acids is 2. The molecule has 0 N–H and O–H groups in total. The van der Waals surface area contributed by atoms with Crippen LogP contribution >= 0.6 is 0 Å². The van der Waals surface area contributed by atoms with Gasteiger partial charge in [0.15, 0.2) is 0 Å². The zero-order valence-electron chi connectivity index (χ0n) is 19.9. The van der Waals surface area contributed by atoms with E-state index in [4.69, 9.17) is 8.85 Å². The Morgan fingerprint density at radius 2 is 0.862 bits per heavy atom. The van der Waals surface area contributed by atoms with Gasteiger partial charge in [0.1, 0.15) is 0 Å². The van der Waals surface area contributed by atoms with Crippen LogP contribution in [0.4, 0.5) is 0 Å². The molecular weight excluding hydrogens is 380 g/mol. The highest BCUT2D eigenvalue weighted by molar-refractivity contribution is 6.70. The van der Waals surface area contributed by atoms with Gasteiger partial charge >= 0.3 is 8.56 Å². The number of hydrogen-bond donors (Lipinski definition) is 0. The SMILES string of the molecule is CCCCCCCCC(=O)O[Si](CCC)(CCC)OC(=O)CCCCCCCC. The summed E-state index contributed by atoms with van der Waals surface area (Å²) in [5, 5.41) is 0. The van der Waals surface area contributed by atoms with E-state index in [2.05, 4.69) is 27.7 Å². The van der Waals surface area contributed by atoms with Crippen LogP contribution in [0.1, 0.15) is 130 Å². The molecule has 0 aromatic carbocycles. The Balaban J connectivity index is 4.47. The van der Waals surface area contributed by atoms with E-state index in [1.807, 2.05) is 0 Å². The molecule has 4 nitrogen and oxygen atoms in total. The molecule has 0 fully saturated rings. The molecule has 0 aliphatic carbocycles. The predicted octanol–water partition coefficient (Wildman–Crippen LogP) is 7.84. The molecule has 0 heterocycles. The molecule has 0 unspecified atom stereocenters. The molecule has 0 radical (unpaired) electrons. The molecule has 5 heteroatoms. The Hall–Kier alpha value is -0.843. The van der Waals surface area contributed by atoms with Crippen molar-refractivity contribution in [3.05, 3.63) is 0 Å². The number of carbonyl (C=O) groups is 2. The molecule has 0 saturated heterocycles. The van der Waals surface area contributed by atoms with Gasteiger partial charge in [-0.15, -0.1) is 0 Å². The van der Waals surface area contributed by atoms with Gasteiger partial charge in [-0.1, -0.05) is 105 Å². The van der Waals surface area contributed by atoms with E-state index >= 15 is 0 Å². The van der Waals surface area contributed by atoms with Gasteiger partial charge in [-0.05, 0) is 12.8 Å². The highest BCUT2D eigenvalue weighted by Gasteiger charge is 2.43. The Bertz CT molecular complexity index is 374. The fourth-order valence-corrected chi connectivity index (χ4v) is 6.99. The summed E-state index contributed by atoms with van der Waals surface area (Å²) in [4.78, 5) is 24.9. The van der Waals surface area contributed by atoms with Gasteiger partial charge in [-0.25, -0.2) is 0 Å². The predicted molar refractivity (Wildman–Crippen MR) is 124 cm³/mol. The molecule has 0 aromatic rings. The fourth-order valence-electron chi connectivity index (χ4n) is 3.73. The first-order chi connectivity index (χ1) is 14.0. The topological polar surface area (TPSA) is 52.6 Å². The largest absolute Gasteiger partial charge is 0.485 e. The summed E-state index contributed by atoms with van der Waals surface area (Å²) in [6.07, 6.45) is 16.4. The molecular formula is C24H48O4Si. The van der Waals surface area contributed by atoms with E-state index in [0.29, 0.717) is 24.9 Å². The average Bonchev–Trinajstić information content (AvgIpc) is 2.67. The standard InChI is InChI=1S/C24H48O4Si/c1-5-9-11-13-15-17-19-23(25)27-29(21-7-3,22-8-4)28-24(26)20-18-16-14-12-10-6-2/h5-22H2,1-4H3. The van der Waals surface area contributed by atoms with Gasteiger partial charge in [0.25, 0.3) is 11.9 Å². The molecule has 0 aromatic heterocycles. The van der Waals surface area contributed by atoms with Crippen molar-refractivity contribution in [3.8, 4) is 0 Å². The van der Waals surface area contributed by atoms with Gasteiger partial charge < -0.3 is 8.85 Å². The second kappa shape index (κ2) is 19.1. The first-order valence-corrected chi connectivity index (χ1v) is 14.7. The van der Waals surface area contributed by atoms with E-state index in [-0.39, 0.29) is 11.9 Å². The van der Waals surface area contributed by atoms with Gasteiger partial charge in [0, 0.05) is 24.9 Å². The van der Waals surface area contributed by atoms with E-state index in [1.54, 1.807) is 0 Å². The van der Waals surface area contributed by atoms with Crippen LogP contribution in [0, 0.1) is 0 Å². The number of rotatable bonds is 20. The second-order valence-electron chi connectivity index (χ2n) is 8.39. The van der Waals surface area contributed by atoms with Crippen molar-refractivity contribution in [2.75, 3.05) is 0 Å². The molecule has 0 bridgehead atoms. The Morgan fingerprint density at radius 3 is 1.21 bits per heavy atom. The van der Waals surface area contributed by atoms with Crippen molar-refractivity contribution >= 4 is 20.5 Å². The fraction of sp³-hybridized carbons (Fsp3) is 0.917. The first kappa shape index (κ1) is 28.2. The van der Waals surface area contributed by atoms with E-state index in [9.17, 15) is 9.59 Å². The van der Waals surface area contributed by atoms with E-state index in [0.717, 1.165) is 38.5 Å². The lowest BCUT2D eigenvalue weighted by atomic mass is 10.1. The maximum absolute atomic E-state index is 12.5. The minimum Gasteiger partial charge on any atom is -0.485 e. The van der Waals surface area contributed by atoms with Crippen LogP contribution in [-0.2, 0) is 18.4 Å². The van der Waals surface area contributed by atoms with Crippen molar-refractivity contribution in [1.82, 2.24) is 0 Å². The normalized spacial score (nSPS) is 11.4. The molecule has 0 aliphatic rings. The summed E-state index contributed by atoms with van der Waals surface area (Å²) in [6.45, 7) is 8.55. The lowest BCUT2D eigenvalue weighted by Crippen LogP contribution is -2.45. The van der Waals surface area contributed by atoms with Crippen molar-refractivity contribution in [2.24, 2.45) is 0 Å². The van der Waals surface area contributed by atoms with Crippen molar-refractivity contribution < 1.29 is 18.4 Å². The van der Waals surface area contributed by atoms with Crippen LogP contribution in [0.5, 0.6) is 0 Å². The van der Waals surface area contributed by atoms with Crippen LogP contribution in [-0.4, -0.2) is 20.5 Å². The lowest BCUT2D eigenvalue weighted by molar-refractivity contribution is -0.142. The van der Waals surface area contributed by atoms with Gasteiger partial charge in [-0.3, -0.25) is 9.59 Å². The van der Waals surface area contributed by atoms with Crippen molar-refractivity contribution in [2.45, 2.75) is 143 Å². The van der Waals surface area contributed by atoms with Gasteiger partial charge in [0.05, 0.1) is 0 Å².